The number of carbonyl (C=O) groups excluding carboxylic acids is 1. The van der Waals surface area contributed by atoms with Crippen molar-refractivity contribution < 1.29 is 17.9 Å². The van der Waals surface area contributed by atoms with Crippen LogP contribution in [0.25, 0.3) is 0 Å². The minimum Gasteiger partial charge on any atom is -0.494 e. The first kappa shape index (κ1) is 20.4. The number of benzene rings is 2. The summed E-state index contributed by atoms with van der Waals surface area (Å²) in [5.41, 5.74) is 0.703. The number of nitrogens with zero attached hydrogens (tertiary/aromatic N) is 1. The molecule has 2 aromatic rings. The molecule has 1 N–H and O–H groups in total. The van der Waals surface area contributed by atoms with Crippen LogP contribution in [0, 0.1) is 0 Å². The summed E-state index contributed by atoms with van der Waals surface area (Å²) in [6.07, 6.45) is 1.03. The topological polar surface area (TPSA) is 75.7 Å². The molecule has 0 saturated carbocycles. The molecule has 0 bridgehead atoms. The van der Waals surface area contributed by atoms with Crippen molar-refractivity contribution in [3.63, 3.8) is 0 Å². The van der Waals surface area contributed by atoms with Crippen molar-refractivity contribution in [2.24, 2.45) is 0 Å². The Balaban J connectivity index is 2.18. The third-order valence-corrected chi connectivity index (χ3v) is 5.02. The molecule has 6 nitrogen and oxygen atoms in total. The molecular formula is C17H18Cl2N2O4S. The number of anilines is 2. The summed E-state index contributed by atoms with van der Waals surface area (Å²) in [5.74, 6) is 0.0793. The zero-order valence-corrected chi connectivity index (χ0v) is 16.5. The summed E-state index contributed by atoms with van der Waals surface area (Å²) in [6.45, 7) is 1.95. The van der Waals surface area contributed by atoms with Crippen LogP contribution in [0.2, 0.25) is 10.0 Å². The monoisotopic (exact) mass is 416 g/mol. The number of nitrogens with one attached hydrogen (secondary N) is 1. The predicted molar refractivity (Wildman–Crippen MR) is 105 cm³/mol. The molecule has 0 aliphatic carbocycles. The van der Waals surface area contributed by atoms with Gasteiger partial charge in [0.25, 0.3) is 0 Å². The van der Waals surface area contributed by atoms with Gasteiger partial charge in [0.1, 0.15) is 12.3 Å². The van der Waals surface area contributed by atoms with Crippen molar-refractivity contribution in [1.29, 1.82) is 0 Å². The second kappa shape index (κ2) is 8.62. The Hall–Kier alpha value is -1.96. The van der Waals surface area contributed by atoms with E-state index in [0.717, 1.165) is 10.6 Å². The van der Waals surface area contributed by atoms with Crippen LogP contribution in [-0.4, -0.2) is 33.7 Å². The summed E-state index contributed by atoms with van der Waals surface area (Å²) >= 11 is 11.8. The lowest BCUT2D eigenvalue weighted by Gasteiger charge is -2.22. The Labute approximate surface area is 162 Å². The Bertz CT molecular complexity index is 886. The second-order valence-corrected chi connectivity index (χ2v) is 8.12. The van der Waals surface area contributed by atoms with Crippen LogP contribution >= 0.6 is 23.2 Å². The Morgan fingerprint density at radius 1 is 1.15 bits per heavy atom. The fraction of sp³-hybridized carbons (Fsp3) is 0.235. The first-order valence-corrected chi connectivity index (χ1v) is 10.3. The number of sulfonamides is 1. The molecule has 2 rings (SSSR count). The van der Waals surface area contributed by atoms with Crippen molar-refractivity contribution in [3.8, 4) is 5.75 Å². The number of ether oxygens (including phenoxy) is 1. The highest BCUT2D eigenvalue weighted by molar-refractivity contribution is 7.92. The van der Waals surface area contributed by atoms with Gasteiger partial charge in [-0.2, -0.15) is 0 Å². The molecule has 140 valence electrons. The predicted octanol–water partition coefficient (Wildman–Crippen LogP) is 3.80. The van der Waals surface area contributed by atoms with E-state index in [0.29, 0.717) is 28.8 Å². The maximum Gasteiger partial charge on any atom is 0.245 e. The van der Waals surface area contributed by atoms with E-state index >= 15 is 0 Å². The van der Waals surface area contributed by atoms with Gasteiger partial charge in [-0.3, -0.25) is 9.10 Å². The van der Waals surface area contributed by atoms with E-state index in [2.05, 4.69) is 5.32 Å². The van der Waals surface area contributed by atoms with E-state index in [1.165, 1.54) is 6.07 Å². The molecule has 0 spiro atoms. The van der Waals surface area contributed by atoms with Crippen LogP contribution < -0.4 is 14.4 Å². The Morgan fingerprint density at radius 3 is 2.35 bits per heavy atom. The molecule has 0 aromatic heterocycles. The van der Waals surface area contributed by atoms with Crippen LogP contribution in [0.3, 0.4) is 0 Å². The van der Waals surface area contributed by atoms with Gasteiger partial charge in [-0.15, -0.1) is 0 Å². The maximum atomic E-state index is 12.3. The standard InChI is InChI=1S/C17H18Cl2N2O4S/c1-3-25-14-7-5-13(6-8-14)21(26(2,23)24)11-17(22)20-16-9-4-12(18)10-15(16)19/h4-10H,3,11H2,1-2H3,(H,20,22). The SMILES string of the molecule is CCOc1ccc(N(CC(=O)Nc2ccc(Cl)cc2Cl)S(C)(=O)=O)cc1. The lowest BCUT2D eigenvalue weighted by atomic mass is 10.3. The number of carbonyl (C=O) groups is 1. The van der Waals surface area contributed by atoms with Gasteiger partial charge in [0.05, 0.1) is 29.3 Å². The molecule has 2 aromatic carbocycles. The highest BCUT2D eigenvalue weighted by Crippen LogP contribution is 2.26. The molecule has 0 saturated heterocycles. The zero-order valence-electron chi connectivity index (χ0n) is 14.2. The minimum absolute atomic E-state index is 0.262. The lowest BCUT2D eigenvalue weighted by molar-refractivity contribution is -0.114. The summed E-state index contributed by atoms with van der Waals surface area (Å²) in [6, 6.07) is 11.0. The molecule has 26 heavy (non-hydrogen) atoms. The highest BCUT2D eigenvalue weighted by atomic mass is 35.5. The highest BCUT2D eigenvalue weighted by Gasteiger charge is 2.21. The van der Waals surface area contributed by atoms with Crippen LogP contribution in [0.15, 0.2) is 42.5 Å². The summed E-state index contributed by atoms with van der Waals surface area (Å²) in [4.78, 5) is 12.3. The van der Waals surface area contributed by atoms with Crippen LogP contribution in [0.5, 0.6) is 5.75 Å². The number of rotatable bonds is 7. The largest absolute Gasteiger partial charge is 0.494 e. The van der Waals surface area contributed by atoms with E-state index in [-0.39, 0.29) is 5.02 Å². The molecule has 0 fully saturated rings. The number of hydrogen-bond acceptors (Lipinski definition) is 4. The molecular weight excluding hydrogens is 399 g/mol. The van der Waals surface area contributed by atoms with Crippen molar-refractivity contribution >= 4 is 50.5 Å². The summed E-state index contributed by atoms with van der Waals surface area (Å²) < 4.78 is 30.6. The molecule has 0 heterocycles. The van der Waals surface area contributed by atoms with Gasteiger partial charge in [-0.1, -0.05) is 23.2 Å². The quantitative estimate of drug-likeness (QED) is 0.744. The van der Waals surface area contributed by atoms with Gasteiger partial charge in [0.15, 0.2) is 0 Å². The van der Waals surface area contributed by atoms with Gasteiger partial charge in [0, 0.05) is 5.02 Å². The van der Waals surface area contributed by atoms with E-state index < -0.39 is 22.5 Å². The summed E-state index contributed by atoms with van der Waals surface area (Å²) in [5, 5.41) is 3.27. The minimum atomic E-state index is -3.67. The number of hydrogen-bond donors (Lipinski definition) is 1. The van der Waals surface area contributed by atoms with Gasteiger partial charge in [-0.25, -0.2) is 8.42 Å². The smallest absolute Gasteiger partial charge is 0.245 e. The number of amides is 1. The molecule has 1 amide bonds. The van der Waals surface area contributed by atoms with Crippen molar-refractivity contribution in [2.75, 3.05) is 29.0 Å². The van der Waals surface area contributed by atoms with E-state index in [4.69, 9.17) is 27.9 Å². The molecule has 0 aliphatic rings. The zero-order chi connectivity index (χ0) is 19.3. The molecule has 0 unspecified atom stereocenters. The van der Waals surface area contributed by atoms with Gasteiger partial charge in [0.2, 0.25) is 15.9 Å². The van der Waals surface area contributed by atoms with E-state index in [1.807, 2.05) is 6.92 Å². The van der Waals surface area contributed by atoms with Crippen molar-refractivity contribution in [3.05, 3.63) is 52.5 Å². The normalized spacial score (nSPS) is 11.1. The van der Waals surface area contributed by atoms with Crippen molar-refractivity contribution in [1.82, 2.24) is 0 Å². The second-order valence-electron chi connectivity index (χ2n) is 5.37. The van der Waals surface area contributed by atoms with Crippen LogP contribution in [0.1, 0.15) is 6.92 Å². The fourth-order valence-electron chi connectivity index (χ4n) is 2.19. The van der Waals surface area contributed by atoms with E-state index in [9.17, 15) is 13.2 Å². The van der Waals surface area contributed by atoms with E-state index in [1.54, 1.807) is 36.4 Å². The third-order valence-electron chi connectivity index (χ3n) is 3.33. The van der Waals surface area contributed by atoms with Gasteiger partial charge >= 0.3 is 0 Å². The molecule has 0 radical (unpaired) electrons. The van der Waals surface area contributed by atoms with Crippen LogP contribution in [-0.2, 0) is 14.8 Å². The van der Waals surface area contributed by atoms with Crippen molar-refractivity contribution in [2.45, 2.75) is 6.92 Å². The molecule has 0 atom stereocenters. The third kappa shape index (κ3) is 5.52. The number of halogens is 2. The lowest BCUT2D eigenvalue weighted by Crippen LogP contribution is -2.37. The molecule has 9 heteroatoms. The Morgan fingerprint density at radius 2 is 1.81 bits per heavy atom. The maximum absolute atomic E-state index is 12.3. The molecule has 0 aliphatic heterocycles. The average Bonchev–Trinajstić information content (AvgIpc) is 2.55. The first-order chi connectivity index (χ1) is 12.2. The fourth-order valence-corrected chi connectivity index (χ4v) is 3.50. The van der Waals surface area contributed by atoms with Crippen LogP contribution in [0.4, 0.5) is 11.4 Å². The summed E-state index contributed by atoms with van der Waals surface area (Å²) in [7, 11) is -3.67. The average molecular weight is 417 g/mol. The first-order valence-electron chi connectivity index (χ1n) is 7.66. The Kier molecular flexibility index (Phi) is 6.75. The van der Waals surface area contributed by atoms with Gasteiger partial charge in [-0.05, 0) is 49.4 Å². The van der Waals surface area contributed by atoms with Gasteiger partial charge < -0.3 is 10.1 Å².